The molecule has 21 heavy (non-hydrogen) atoms. The monoisotopic (exact) mass is 288 g/mol. The van der Waals surface area contributed by atoms with Crippen LogP contribution < -0.4 is 4.74 Å². The molecule has 0 radical (unpaired) electrons. The number of hydrogen-bond donors (Lipinski definition) is 0. The molecule has 0 saturated carbocycles. The first-order valence-corrected chi connectivity index (χ1v) is 7.91. The second-order valence-corrected chi connectivity index (χ2v) is 6.12. The van der Waals surface area contributed by atoms with Crippen LogP contribution in [0, 0.1) is 5.92 Å². The van der Waals surface area contributed by atoms with Gasteiger partial charge < -0.3 is 9.64 Å². The second kappa shape index (κ2) is 6.48. The summed E-state index contributed by atoms with van der Waals surface area (Å²) in [5.41, 5.74) is 1.34. The Hall–Kier alpha value is -1.55. The Bertz CT molecular complexity index is 495. The van der Waals surface area contributed by atoms with Crippen LogP contribution in [-0.4, -0.2) is 55.0 Å². The highest BCUT2D eigenvalue weighted by molar-refractivity contribution is 5.73. The third kappa shape index (κ3) is 3.56. The van der Waals surface area contributed by atoms with Crippen LogP contribution >= 0.6 is 0 Å². The number of ether oxygens (including phenoxy) is 1. The Morgan fingerprint density at radius 3 is 2.76 bits per heavy atom. The fourth-order valence-corrected chi connectivity index (χ4v) is 3.33. The Balaban J connectivity index is 1.55. The minimum Gasteiger partial charge on any atom is -0.493 e. The summed E-state index contributed by atoms with van der Waals surface area (Å²) in [5, 5.41) is 0. The van der Waals surface area contributed by atoms with Crippen molar-refractivity contribution >= 4 is 5.91 Å². The quantitative estimate of drug-likeness (QED) is 0.832. The Kier molecular flexibility index (Phi) is 4.44. The summed E-state index contributed by atoms with van der Waals surface area (Å²) in [4.78, 5) is 15.8. The van der Waals surface area contributed by atoms with Gasteiger partial charge in [0, 0.05) is 39.6 Å². The molecule has 2 heterocycles. The normalized spacial score (nSPS) is 23.1. The minimum atomic E-state index is 0.200. The third-order valence-corrected chi connectivity index (χ3v) is 4.60. The summed E-state index contributed by atoms with van der Waals surface area (Å²) in [5.74, 6) is 1.91. The Labute approximate surface area is 126 Å². The van der Waals surface area contributed by atoms with E-state index in [0.29, 0.717) is 5.92 Å². The van der Waals surface area contributed by atoms with E-state index in [1.54, 1.807) is 6.92 Å². The number of para-hydroxylation sites is 1. The number of nitrogens with zero attached hydrogens (tertiary/aromatic N) is 2. The molecule has 0 N–H and O–H groups in total. The number of carbonyl (C=O) groups excluding carboxylic acids is 1. The van der Waals surface area contributed by atoms with E-state index in [1.807, 2.05) is 11.0 Å². The van der Waals surface area contributed by atoms with Crippen LogP contribution in [0.1, 0.15) is 18.9 Å². The number of rotatable bonds is 2. The van der Waals surface area contributed by atoms with Crippen LogP contribution in [0.25, 0.3) is 0 Å². The number of hydrogen-bond acceptors (Lipinski definition) is 3. The molecular weight excluding hydrogens is 264 g/mol. The molecule has 1 unspecified atom stereocenters. The van der Waals surface area contributed by atoms with Crippen LogP contribution in [-0.2, 0) is 11.2 Å². The van der Waals surface area contributed by atoms with Gasteiger partial charge in [-0.05, 0) is 30.4 Å². The maximum Gasteiger partial charge on any atom is 0.219 e. The summed E-state index contributed by atoms with van der Waals surface area (Å²) < 4.78 is 5.84. The highest BCUT2D eigenvalue weighted by atomic mass is 16.5. The smallest absolute Gasteiger partial charge is 0.219 e. The average Bonchev–Trinajstić information content (AvgIpc) is 2.69. The van der Waals surface area contributed by atoms with Crippen molar-refractivity contribution in [3.05, 3.63) is 29.8 Å². The Morgan fingerprint density at radius 1 is 1.24 bits per heavy atom. The number of benzene rings is 1. The highest BCUT2D eigenvalue weighted by Gasteiger charge is 2.23. The zero-order chi connectivity index (χ0) is 14.7. The van der Waals surface area contributed by atoms with Gasteiger partial charge in [0.25, 0.3) is 0 Å². The van der Waals surface area contributed by atoms with Crippen molar-refractivity contribution in [1.29, 1.82) is 0 Å². The van der Waals surface area contributed by atoms with Crippen molar-refractivity contribution in [3.8, 4) is 5.75 Å². The predicted octanol–water partition coefficient (Wildman–Crippen LogP) is 1.79. The molecule has 1 aromatic carbocycles. The fourth-order valence-electron chi connectivity index (χ4n) is 3.33. The first-order valence-electron chi connectivity index (χ1n) is 7.91. The van der Waals surface area contributed by atoms with Gasteiger partial charge in [0.15, 0.2) is 0 Å². The second-order valence-electron chi connectivity index (χ2n) is 6.12. The van der Waals surface area contributed by atoms with Crippen molar-refractivity contribution < 1.29 is 9.53 Å². The molecule has 2 aliphatic rings. The zero-order valence-corrected chi connectivity index (χ0v) is 12.8. The molecule has 0 bridgehead atoms. The van der Waals surface area contributed by atoms with Crippen molar-refractivity contribution in [2.45, 2.75) is 19.8 Å². The number of amides is 1. The van der Waals surface area contributed by atoms with Crippen molar-refractivity contribution in [2.24, 2.45) is 5.92 Å². The van der Waals surface area contributed by atoms with Crippen molar-refractivity contribution in [1.82, 2.24) is 9.80 Å². The molecule has 114 valence electrons. The van der Waals surface area contributed by atoms with Gasteiger partial charge in [-0.1, -0.05) is 18.2 Å². The van der Waals surface area contributed by atoms with Crippen molar-refractivity contribution in [2.75, 3.05) is 39.3 Å². The topological polar surface area (TPSA) is 32.8 Å². The standard InChI is InChI=1S/C17H24N2O2/c1-14(20)19-9-7-18(8-10-19)13-15-6-11-21-17-5-3-2-4-16(17)12-15/h2-5,15H,6-13H2,1H3. The molecule has 2 aliphatic heterocycles. The first kappa shape index (κ1) is 14.4. The van der Waals surface area contributed by atoms with Crippen LogP contribution in [0.4, 0.5) is 0 Å². The molecule has 0 spiro atoms. The van der Waals surface area contributed by atoms with E-state index in [4.69, 9.17) is 4.74 Å². The summed E-state index contributed by atoms with van der Waals surface area (Å²) >= 11 is 0. The molecule has 3 rings (SSSR count). The lowest BCUT2D eigenvalue weighted by Gasteiger charge is -2.35. The molecule has 1 aromatic rings. The highest BCUT2D eigenvalue weighted by Crippen LogP contribution is 2.27. The lowest BCUT2D eigenvalue weighted by atomic mass is 9.96. The molecular formula is C17H24N2O2. The first-order chi connectivity index (χ1) is 10.2. The van der Waals surface area contributed by atoms with Gasteiger partial charge in [-0.25, -0.2) is 0 Å². The molecule has 1 fully saturated rings. The summed E-state index contributed by atoms with van der Waals surface area (Å²) in [6.07, 6.45) is 2.21. The lowest BCUT2D eigenvalue weighted by molar-refractivity contribution is -0.130. The van der Waals surface area contributed by atoms with E-state index in [1.165, 1.54) is 5.56 Å². The van der Waals surface area contributed by atoms with Gasteiger partial charge in [0.2, 0.25) is 5.91 Å². The molecule has 1 atom stereocenters. The maximum atomic E-state index is 11.4. The van der Waals surface area contributed by atoms with Crippen LogP contribution in [0.15, 0.2) is 24.3 Å². The zero-order valence-electron chi connectivity index (χ0n) is 12.8. The molecule has 1 amide bonds. The molecule has 0 aliphatic carbocycles. The van der Waals surface area contributed by atoms with E-state index >= 15 is 0 Å². The van der Waals surface area contributed by atoms with E-state index < -0.39 is 0 Å². The lowest BCUT2D eigenvalue weighted by Crippen LogP contribution is -2.49. The molecule has 4 heteroatoms. The van der Waals surface area contributed by atoms with Gasteiger partial charge in [-0.2, -0.15) is 0 Å². The fraction of sp³-hybridized carbons (Fsp3) is 0.588. The Morgan fingerprint density at radius 2 is 2.00 bits per heavy atom. The summed E-state index contributed by atoms with van der Waals surface area (Å²) in [6, 6.07) is 8.39. The SMILES string of the molecule is CC(=O)N1CCN(CC2CCOc3ccccc3C2)CC1. The van der Waals surface area contributed by atoms with Gasteiger partial charge >= 0.3 is 0 Å². The summed E-state index contributed by atoms with van der Waals surface area (Å²) in [7, 11) is 0. The predicted molar refractivity (Wildman–Crippen MR) is 82.4 cm³/mol. The van der Waals surface area contributed by atoms with Gasteiger partial charge in [-0.3, -0.25) is 9.69 Å². The van der Waals surface area contributed by atoms with Crippen LogP contribution in [0.2, 0.25) is 0 Å². The molecule has 4 nitrogen and oxygen atoms in total. The minimum absolute atomic E-state index is 0.200. The number of piperazine rings is 1. The van der Waals surface area contributed by atoms with Gasteiger partial charge in [0.05, 0.1) is 6.61 Å². The summed E-state index contributed by atoms with van der Waals surface area (Å²) in [6.45, 7) is 7.33. The van der Waals surface area contributed by atoms with E-state index in [9.17, 15) is 4.79 Å². The largest absolute Gasteiger partial charge is 0.493 e. The van der Waals surface area contributed by atoms with Crippen molar-refractivity contribution in [3.63, 3.8) is 0 Å². The van der Waals surface area contributed by atoms with Crippen LogP contribution in [0.3, 0.4) is 0 Å². The van der Waals surface area contributed by atoms with E-state index in [0.717, 1.165) is 57.9 Å². The molecule has 0 aromatic heterocycles. The van der Waals surface area contributed by atoms with E-state index in [2.05, 4.69) is 23.1 Å². The van der Waals surface area contributed by atoms with Gasteiger partial charge in [-0.15, -0.1) is 0 Å². The third-order valence-electron chi connectivity index (χ3n) is 4.60. The number of carbonyl (C=O) groups is 1. The number of fused-ring (bicyclic) bond motifs is 1. The van der Waals surface area contributed by atoms with E-state index in [-0.39, 0.29) is 5.91 Å². The maximum absolute atomic E-state index is 11.4. The average molecular weight is 288 g/mol. The van der Waals surface area contributed by atoms with Crippen LogP contribution in [0.5, 0.6) is 5.75 Å². The van der Waals surface area contributed by atoms with Gasteiger partial charge in [0.1, 0.15) is 5.75 Å². The molecule has 1 saturated heterocycles.